The zero-order valence-electron chi connectivity index (χ0n) is 19.2. The van der Waals surface area contributed by atoms with Crippen LogP contribution in [0.5, 0.6) is 5.75 Å². The van der Waals surface area contributed by atoms with Gasteiger partial charge in [-0.1, -0.05) is 84.9 Å². The number of ether oxygens (including phenoxy) is 1. The van der Waals surface area contributed by atoms with Crippen LogP contribution >= 0.6 is 0 Å². The standard InChI is InChI=1S/C31H30O/c1-22-9-8-12-27(15-22)21-32-31-14-13-28(19-25(31)4)30-17-23(2)16-29(20-30)24(3)18-26-10-6-5-7-11-26/h5-17,19-20H,3,18,21H2,1-2,4H3. The minimum atomic E-state index is 0.579. The molecule has 4 aromatic rings. The average molecular weight is 419 g/mol. The molecule has 0 unspecified atom stereocenters. The number of rotatable bonds is 7. The van der Waals surface area contributed by atoms with Crippen molar-refractivity contribution in [2.75, 3.05) is 0 Å². The van der Waals surface area contributed by atoms with E-state index in [1.807, 2.05) is 6.07 Å². The fourth-order valence-corrected chi connectivity index (χ4v) is 4.05. The van der Waals surface area contributed by atoms with Gasteiger partial charge in [-0.3, -0.25) is 0 Å². The number of aryl methyl sites for hydroxylation is 3. The van der Waals surface area contributed by atoms with Crippen LogP contribution in [0.3, 0.4) is 0 Å². The topological polar surface area (TPSA) is 9.23 Å². The first-order chi connectivity index (χ1) is 15.5. The lowest BCUT2D eigenvalue weighted by molar-refractivity contribution is 0.304. The van der Waals surface area contributed by atoms with Crippen molar-refractivity contribution in [2.24, 2.45) is 0 Å². The van der Waals surface area contributed by atoms with Crippen LogP contribution in [-0.2, 0) is 13.0 Å². The molecular weight excluding hydrogens is 388 g/mol. The van der Waals surface area contributed by atoms with Gasteiger partial charge in [0, 0.05) is 0 Å². The molecule has 0 radical (unpaired) electrons. The Morgan fingerprint density at radius 3 is 2.22 bits per heavy atom. The van der Waals surface area contributed by atoms with Crippen molar-refractivity contribution in [3.05, 3.63) is 131 Å². The second kappa shape index (κ2) is 9.70. The molecule has 0 aliphatic heterocycles. The molecule has 0 saturated heterocycles. The smallest absolute Gasteiger partial charge is 0.122 e. The van der Waals surface area contributed by atoms with Crippen molar-refractivity contribution in [3.63, 3.8) is 0 Å². The van der Waals surface area contributed by atoms with E-state index in [1.54, 1.807) is 0 Å². The molecule has 0 aliphatic carbocycles. The maximum absolute atomic E-state index is 6.11. The van der Waals surface area contributed by atoms with Gasteiger partial charge in [0.05, 0.1) is 0 Å². The van der Waals surface area contributed by atoms with Crippen LogP contribution in [0.25, 0.3) is 16.7 Å². The monoisotopic (exact) mass is 418 g/mol. The largest absolute Gasteiger partial charge is 0.489 e. The third-order valence-electron chi connectivity index (χ3n) is 5.73. The summed E-state index contributed by atoms with van der Waals surface area (Å²) in [6, 6.07) is 32.1. The second-order valence-electron chi connectivity index (χ2n) is 8.61. The van der Waals surface area contributed by atoms with Crippen LogP contribution in [0.15, 0.2) is 97.6 Å². The summed E-state index contributed by atoms with van der Waals surface area (Å²) in [5.74, 6) is 0.927. The summed E-state index contributed by atoms with van der Waals surface area (Å²) < 4.78 is 6.11. The number of benzene rings is 4. The SMILES string of the molecule is C=C(Cc1ccccc1)c1cc(C)cc(-c2ccc(OCc3cccc(C)c3)c(C)c2)c1. The first-order valence-corrected chi connectivity index (χ1v) is 11.1. The van der Waals surface area contributed by atoms with E-state index in [4.69, 9.17) is 4.74 Å². The molecule has 0 aromatic heterocycles. The van der Waals surface area contributed by atoms with E-state index in [0.717, 1.165) is 23.3 Å². The summed E-state index contributed by atoms with van der Waals surface area (Å²) in [4.78, 5) is 0. The van der Waals surface area contributed by atoms with Gasteiger partial charge in [0.15, 0.2) is 0 Å². The number of allylic oxidation sites excluding steroid dienone is 1. The summed E-state index contributed by atoms with van der Waals surface area (Å²) >= 11 is 0. The van der Waals surface area contributed by atoms with E-state index in [2.05, 4.69) is 112 Å². The zero-order chi connectivity index (χ0) is 22.5. The first kappa shape index (κ1) is 21.6. The molecule has 4 aromatic carbocycles. The van der Waals surface area contributed by atoms with E-state index in [-0.39, 0.29) is 0 Å². The predicted octanol–water partition coefficient (Wildman–Crippen LogP) is 8.11. The predicted molar refractivity (Wildman–Crippen MR) is 136 cm³/mol. The molecule has 0 heterocycles. The van der Waals surface area contributed by atoms with Gasteiger partial charge in [-0.25, -0.2) is 0 Å². The van der Waals surface area contributed by atoms with Crippen molar-refractivity contribution in [2.45, 2.75) is 33.8 Å². The van der Waals surface area contributed by atoms with E-state index in [1.165, 1.54) is 38.9 Å². The molecule has 0 aliphatic rings. The number of hydrogen-bond acceptors (Lipinski definition) is 1. The molecule has 0 atom stereocenters. The molecule has 0 saturated carbocycles. The Labute approximate surface area is 192 Å². The molecule has 0 bridgehead atoms. The highest BCUT2D eigenvalue weighted by molar-refractivity contribution is 5.74. The summed E-state index contributed by atoms with van der Waals surface area (Å²) in [7, 11) is 0. The van der Waals surface area contributed by atoms with Gasteiger partial charge in [0.2, 0.25) is 0 Å². The molecule has 1 heteroatoms. The summed E-state index contributed by atoms with van der Waals surface area (Å²) in [5.41, 5.74) is 10.8. The Morgan fingerprint density at radius 1 is 0.688 bits per heavy atom. The van der Waals surface area contributed by atoms with Crippen LogP contribution in [0, 0.1) is 20.8 Å². The minimum absolute atomic E-state index is 0.579. The summed E-state index contributed by atoms with van der Waals surface area (Å²) in [5, 5.41) is 0. The van der Waals surface area contributed by atoms with Crippen molar-refractivity contribution < 1.29 is 4.74 Å². The van der Waals surface area contributed by atoms with Gasteiger partial charge in [0.1, 0.15) is 12.4 Å². The fraction of sp³-hybridized carbons (Fsp3) is 0.161. The Kier molecular flexibility index (Phi) is 6.56. The molecule has 1 nitrogen and oxygen atoms in total. The van der Waals surface area contributed by atoms with Gasteiger partial charge in [0.25, 0.3) is 0 Å². The Balaban J connectivity index is 1.53. The lowest BCUT2D eigenvalue weighted by atomic mass is 9.93. The fourth-order valence-electron chi connectivity index (χ4n) is 4.05. The Hall–Kier alpha value is -3.58. The minimum Gasteiger partial charge on any atom is -0.489 e. The lowest BCUT2D eigenvalue weighted by Gasteiger charge is -2.14. The van der Waals surface area contributed by atoms with Gasteiger partial charge in [-0.2, -0.15) is 0 Å². The maximum atomic E-state index is 6.11. The summed E-state index contributed by atoms with van der Waals surface area (Å²) in [6.45, 7) is 11.3. The third-order valence-corrected chi connectivity index (χ3v) is 5.73. The highest BCUT2D eigenvalue weighted by atomic mass is 16.5. The van der Waals surface area contributed by atoms with Crippen molar-refractivity contribution in [1.29, 1.82) is 0 Å². The Morgan fingerprint density at radius 2 is 1.47 bits per heavy atom. The lowest BCUT2D eigenvalue weighted by Crippen LogP contribution is -1.97. The van der Waals surface area contributed by atoms with Crippen molar-refractivity contribution in [3.8, 4) is 16.9 Å². The van der Waals surface area contributed by atoms with Crippen LogP contribution in [-0.4, -0.2) is 0 Å². The van der Waals surface area contributed by atoms with Crippen molar-refractivity contribution >= 4 is 5.57 Å². The van der Waals surface area contributed by atoms with Crippen LogP contribution < -0.4 is 4.74 Å². The average Bonchev–Trinajstić information content (AvgIpc) is 2.78. The third kappa shape index (κ3) is 5.36. The highest BCUT2D eigenvalue weighted by Crippen LogP contribution is 2.30. The van der Waals surface area contributed by atoms with Gasteiger partial charge in [-0.15, -0.1) is 0 Å². The van der Waals surface area contributed by atoms with Gasteiger partial charge in [-0.05, 0) is 89.9 Å². The molecule has 4 rings (SSSR count). The quantitative estimate of drug-likeness (QED) is 0.294. The molecule has 0 N–H and O–H groups in total. The molecule has 0 fully saturated rings. The molecule has 160 valence electrons. The van der Waals surface area contributed by atoms with Crippen LogP contribution in [0.2, 0.25) is 0 Å². The van der Waals surface area contributed by atoms with Gasteiger partial charge < -0.3 is 4.74 Å². The molecule has 0 spiro atoms. The molecule has 32 heavy (non-hydrogen) atoms. The second-order valence-corrected chi connectivity index (χ2v) is 8.61. The van der Waals surface area contributed by atoms with E-state index >= 15 is 0 Å². The Bertz CT molecular complexity index is 1230. The summed E-state index contributed by atoms with van der Waals surface area (Å²) in [6.07, 6.45) is 0.856. The van der Waals surface area contributed by atoms with Crippen LogP contribution in [0.4, 0.5) is 0 Å². The zero-order valence-corrected chi connectivity index (χ0v) is 19.2. The van der Waals surface area contributed by atoms with E-state index in [0.29, 0.717) is 6.61 Å². The van der Waals surface area contributed by atoms with Crippen LogP contribution in [0.1, 0.15) is 33.4 Å². The van der Waals surface area contributed by atoms with E-state index < -0.39 is 0 Å². The normalized spacial score (nSPS) is 10.7. The number of hydrogen-bond donors (Lipinski definition) is 0. The first-order valence-electron chi connectivity index (χ1n) is 11.1. The molecular formula is C31H30O. The van der Waals surface area contributed by atoms with E-state index in [9.17, 15) is 0 Å². The molecule has 0 amide bonds. The van der Waals surface area contributed by atoms with Gasteiger partial charge >= 0.3 is 0 Å². The maximum Gasteiger partial charge on any atom is 0.122 e. The highest BCUT2D eigenvalue weighted by Gasteiger charge is 2.08. The van der Waals surface area contributed by atoms with Crippen molar-refractivity contribution in [1.82, 2.24) is 0 Å².